The molecule has 3 saturated heterocycles. The van der Waals surface area contributed by atoms with E-state index in [4.69, 9.17) is 5.73 Å². The largest absolute Gasteiger partial charge is 0.508 e. The van der Waals surface area contributed by atoms with Crippen molar-refractivity contribution in [1.29, 1.82) is 0 Å². The highest BCUT2D eigenvalue weighted by Crippen LogP contribution is 2.27. The third-order valence-corrected chi connectivity index (χ3v) is 14.4. The van der Waals surface area contributed by atoms with Gasteiger partial charge in [-0.25, -0.2) is 0 Å². The van der Waals surface area contributed by atoms with Gasteiger partial charge in [0.2, 0.25) is 41.4 Å². The Morgan fingerprint density at radius 1 is 0.716 bits per heavy atom. The van der Waals surface area contributed by atoms with Crippen LogP contribution in [0.15, 0.2) is 24.3 Å². The quantitative estimate of drug-likeness (QED) is 0.0584. The van der Waals surface area contributed by atoms with Gasteiger partial charge in [-0.2, -0.15) is 0 Å². The van der Waals surface area contributed by atoms with Crippen LogP contribution < -0.4 is 32.3 Å². The Bertz CT molecular complexity index is 2020. The maximum atomic E-state index is 14.4. The Morgan fingerprint density at radius 3 is 1.96 bits per heavy atom. The Balaban J connectivity index is 1.68. The van der Waals surface area contributed by atoms with Crippen LogP contribution in [0.2, 0.25) is 0 Å². The molecule has 0 unspecified atom stereocenters. The molecule has 418 valence electrons. The first-order valence-electron chi connectivity index (χ1n) is 26.0. The van der Waals surface area contributed by atoms with E-state index in [9.17, 15) is 79.5 Å². The van der Waals surface area contributed by atoms with Gasteiger partial charge in [0.05, 0.1) is 24.4 Å². The van der Waals surface area contributed by atoms with Crippen molar-refractivity contribution in [2.75, 3.05) is 19.6 Å². The summed E-state index contributed by atoms with van der Waals surface area (Å²) in [5.74, 6) is -6.88. The second kappa shape index (κ2) is 29.3. The molecule has 0 bridgehead atoms. The van der Waals surface area contributed by atoms with Crippen LogP contribution >= 0.6 is 0 Å². The molecule has 7 amide bonds. The maximum absolute atomic E-state index is 14.4. The van der Waals surface area contributed by atoms with Crippen LogP contribution in [0.4, 0.5) is 0 Å². The van der Waals surface area contributed by atoms with E-state index in [2.05, 4.69) is 47.4 Å². The molecule has 0 spiro atoms. The van der Waals surface area contributed by atoms with Crippen LogP contribution in [0.5, 0.6) is 5.75 Å². The molecule has 3 aliphatic rings. The number of benzene rings is 1. The fraction of sp³-hybridized carbons (Fsp3) is 0.740. The van der Waals surface area contributed by atoms with E-state index in [1.165, 1.54) is 18.6 Å². The standard InChI is InChI=1S/C50H82N8O16/c1-5-26(2)22-27(3)12-10-8-6-7-9-11-13-37(65)52-32-24-36(64)46(70)56-48(72)41-35(63)19-21-57(41)50(74)39(34(62)18-20-51)54-47(71)40(43(67)42(66)29-14-16-30(60)17-15-29)55-45(69)33-23-31(61)25-58(33)49(73)38(28(4)59)53-44(32)68/h14-17,26-28,31-36,38-43,46,59-64,66-67,70H,5-13,18-25,51H2,1-4H3,(H,52,65)(H,53,68)(H,54,71)(H,55,69)(H,56,72)/t26-,27+,28+,31+,32+,33-,34+,35-,36+,38-,39-,40-,41-,42-,43-,46+/m0/s1. The van der Waals surface area contributed by atoms with E-state index in [1.54, 1.807) is 0 Å². The van der Waals surface area contributed by atoms with Gasteiger partial charge in [0.25, 0.3) is 0 Å². The van der Waals surface area contributed by atoms with Crippen LogP contribution in [0.25, 0.3) is 0 Å². The predicted octanol–water partition coefficient (Wildman–Crippen LogP) is -2.87. The fourth-order valence-electron chi connectivity index (χ4n) is 9.81. The lowest BCUT2D eigenvalue weighted by Crippen LogP contribution is -2.64. The number of nitrogens with zero attached hydrogens (tertiary/aromatic N) is 2. The minimum absolute atomic E-state index is 0.0598. The number of hydrogen-bond donors (Lipinski definition) is 15. The van der Waals surface area contributed by atoms with Crippen LogP contribution in [0.3, 0.4) is 0 Å². The smallest absolute Gasteiger partial charge is 0.248 e. The normalized spacial score (nSPS) is 29.3. The highest BCUT2D eigenvalue weighted by atomic mass is 16.3. The zero-order valence-electron chi connectivity index (χ0n) is 42.9. The van der Waals surface area contributed by atoms with Crippen molar-refractivity contribution in [2.45, 2.75) is 203 Å². The van der Waals surface area contributed by atoms with E-state index >= 15 is 0 Å². The third-order valence-electron chi connectivity index (χ3n) is 14.4. The zero-order valence-corrected chi connectivity index (χ0v) is 42.9. The molecule has 16 atom stereocenters. The number of rotatable bonds is 20. The van der Waals surface area contributed by atoms with Crippen molar-refractivity contribution in [2.24, 2.45) is 17.6 Å². The summed E-state index contributed by atoms with van der Waals surface area (Å²) in [6.45, 7) is 6.67. The highest BCUT2D eigenvalue weighted by molar-refractivity contribution is 5.98. The van der Waals surface area contributed by atoms with Gasteiger partial charge in [-0.3, -0.25) is 33.6 Å². The van der Waals surface area contributed by atoms with Gasteiger partial charge in [-0.1, -0.05) is 77.8 Å². The molecule has 0 radical (unpaired) electrons. The molecule has 3 aliphatic heterocycles. The minimum atomic E-state index is -2.29. The van der Waals surface area contributed by atoms with Crippen molar-refractivity contribution in [3.05, 3.63) is 29.8 Å². The van der Waals surface area contributed by atoms with Gasteiger partial charge >= 0.3 is 0 Å². The molecular weight excluding hydrogens is 969 g/mol. The van der Waals surface area contributed by atoms with Crippen molar-refractivity contribution >= 4 is 41.4 Å². The van der Waals surface area contributed by atoms with Gasteiger partial charge in [0, 0.05) is 32.4 Å². The number of carbonyl (C=O) groups excluding carboxylic acids is 7. The molecule has 24 heteroatoms. The number of phenols is 1. The van der Waals surface area contributed by atoms with Gasteiger partial charge in [0.1, 0.15) is 60.3 Å². The number of unbranched alkanes of at least 4 members (excludes halogenated alkanes) is 5. The third kappa shape index (κ3) is 17.2. The summed E-state index contributed by atoms with van der Waals surface area (Å²) in [4.78, 5) is 100. The number of aliphatic hydroxyl groups excluding tert-OH is 8. The lowest BCUT2D eigenvalue weighted by molar-refractivity contribution is -0.149. The predicted molar refractivity (Wildman–Crippen MR) is 265 cm³/mol. The number of hydrogen-bond acceptors (Lipinski definition) is 17. The van der Waals surface area contributed by atoms with Crippen molar-refractivity contribution < 1.29 is 79.5 Å². The summed E-state index contributed by atoms with van der Waals surface area (Å²) in [6.07, 6.45) is -8.51. The SMILES string of the molecule is CC[C@H](C)C[C@H](C)CCCCCCCCC(=O)N[C@@H]1C[C@@H](O)[C@@H](O)NC(=O)[C@@H]2[C@@H](O)CCN2C(=O)[C@H]([C@H](O)CCN)NC(=O)[C@H]([C@H](O)[C@@H](O)c2ccc(O)cc2)NC(=O)[C@@H]2C[C@@H](O)CN2C(=O)[C@H]([C@@H](C)O)NC1=O. The Hall–Kier alpha value is -5.05. The van der Waals surface area contributed by atoms with Gasteiger partial charge in [-0.15, -0.1) is 0 Å². The van der Waals surface area contributed by atoms with Gasteiger partial charge in [0.15, 0.2) is 6.23 Å². The van der Waals surface area contributed by atoms with E-state index in [0.29, 0.717) is 24.7 Å². The molecule has 1 aromatic carbocycles. The van der Waals surface area contributed by atoms with Crippen LogP contribution in [0, 0.1) is 11.8 Å². The molecule has 1 aromatic rings. The number of phenolic OH excluding ortho intramolecular Hbond substituents is 1. The lowest BCUT2D eigenvalue weighted by atomic mass is 9.91. The van der Waals surface area contributed by atoms with E-state index in [-0.39, 0.29) is 43.7 Å². The van der Waals surface area contributed by atoms with Crippen molar-refractivity contribution in [3.63, 3.8) is 0 Å². The van der Waals surface area contributed by atoms with Crippen LogP contribution in [0.1, 0.15) is 129 Å². The summed E-state index contributed by atoms with van der Waals surface area (Å²) in [5, 5.41) is 111. The topological polar surface area (TPSA) is 394 Å². The second-order valence-electron chi connectivity index (χ2n) is 20.5. The van der Waals surface area contributed by atoms with Gasteiger partial charge in [-0.05, 0) is 68.7 Å². The molecule has 24 nitrogen and oxygen atoms in total. The summed E-state index contributed by atoms with van der Waals surface area (Å²) in [7, 11) is 0. The van der Waals surface area contributed by atoms with Crippen molar-refractivity contribution in [1.82, 2.24) is 36.4 Å². The molecule has 0 aliphatic carbocycles. The summed E-state index contributed by atoms with van der Waals surface area (Å²) >= 11 is 0. The number of amides is 7. The number of carbonyl (C=O) groups is 7. The van der Waals surface area contributed by atoms with Crippen LogP contribution in [-0.4, -0.2) is 196 Å². The molecule has 74 heavy (non-hydrogen) atoms. The summed E-state index contributed by atoms with van der Waals surface area (Å²) in [5.41, 5.74) is 5.63. The average Bonchev–Trinajstić information content (AvgIpc) is 3.95. The second-order valence-corrected chi connectivity index (χ2v) is 20.5. The molecule has 3 heterocycles. The number of aromatic hydroxyl groups is 1. The molecule has 0 saturated carbocycles. The van der Waals surface area contributed by atoms with E-state index < -0.39 is 146 Å². The number of nitrogens with two attached hydrogens (primary N) is 1. The van der Waals surface area contributed by atoms with Crippen molar-refractivity contribution in [3.8, 4) is 5.75 Å². The summed E-state index contributed by atoms with van der Waals surface area (Å²) in [6, 6.07) is -6.71. The first-order valence-corrected chi connectivity index (χ1v) is 26.0. The van der Waals surface area contributed by atoms with E-state index in [1.807, 2.05) is 0 Å². The average molecular weight is 1050 g/mol. The first-order chi connectivity index (χ1) is 35.0. The molecule has 3 fully saturated rings. The lowest BCUT2D eigenvalue weighted by Gasteiger charge is -2.34. The number of fused-ring (bicyclic) bond motifs is 2. The van der Waals surface area contributed by atoms with Gasteiger partial charge < -0.3 is 88.1 Å². The summed E-state index contributed by atoms with van der Waals surface area (Å²) < 4.78 is 0. The Labute approximate surface area is 431 Å². The molecule has 4 rings (SSSR count). The molecular formula is C50H82N8O16. The Morgan fingerprint density at radius 2 is 1.32 bits per heavy atom. The highest BCUT2D eigenvalue weighted by Gasteiger charge is 2.49. The molecule has 0 aromatic heterocycles. The zero-order chi connectivity index (χ0) is 55.0. The van der Waals surface area contributed by atoms with Crippen LogP contribution in [-0.2, 0) is 33.6 Å². The fourth-order valence-corrected chi connectivity index (χ4v) is 9.81. The minimum Gasteiger partial charge on any atom is -0.508 e. The first kappa shape index (κ1) is 61.5. The monoisotopic (exact) mass is 1050 g/mol. The Kier molecular flexibility index (Phi) is 24.4. The number of aliphatic hydroxyl groups is 8. The maximum Gasteiger partial charge on any atom is 0.248 e. The molecule has 16 N–H and O–H groups in total. The van der Waals surface area contributed by atoms with E-state index in [0.717, 1.165) is 67.4 Å². The number of nitrogens with one attached hydrogen (secondary N) is 5.